The molecule has 0 aliphatic heterocycles. The molecule has 1 aromatic carbocycles. The topological polar surface area (TPSA) is 12.0 Å². The van der Waals surface area contributed by atoms with Gasteiger partial charge in [0.05, 0.1) is 0 Å². The number of likely N-dealkylation sites (N-methyl/N-ethyl adjacent to an activating group) is 1. The molecule has 0 saturated heterocycles. The van der Waals surface area contributed by atoms with Crippen LogP contribution < -0.4 is 5.32 Å². The van der Waals surface area contributed by atoms with Gasteiger partial charge in [0.15, 0.2) is 0 Å². The van der Waals surface area contributed by atoms with E-state index in [1.165, 1.54) is 15.6 Å². The van der Waals surface area contributed by atoms with Gasteiger partial charge in [-0.2, -0.15) is 0 Å². The lowest BCUT2D eigenvalue weighted by atomic mass is 10.1. The Bertz CT molecular complexity index is 424. The predicted octanol–water partition coefficient (Wildman–Crippen LogP) is 3.47. The van der Waals surface area contributed by atoms with Gasteiger partial charge >= 0.3 is 0 Å². The largest absolute Gasteiger partial charge is 0.317 e. The van der Waals surface area contributed by atoms with Crippen LogP contribution in [0.4, 0.5) is 0 Å². The number of rotatable bonds is 3. The summed E-state index contributed by atoms with van der Waals surface area (Å²) >= 11 is 1.81. The Labute approximate surface area is 101 Å². The van der Waals surface area contributed by atoms with Crippen molar-refractivity contribution in [2.45, 2.75) is 19.4 Å². The second kappa shape index (κ2) is 5.50. The maximum Gasteiger partial charge on any atom is 0.0342 e. The third kappa shape index (κ3) is 2.94. The Morgan fingerprint density at radius 1 is 1.33 bits per heavy atom. The zero-order valence-electron chi connectivity index (χ0n) is 8.99. The standard InChI is InChI=1S/C12H15NS.ClH/c1-9(13-2)7-10-3-4-12-11(8-10)5-6-14-12;/h3-6,8-9,13H,7H2,1-2H3;1H/t9-;/m0./s1. The van der Waals surface area contributed by atoms with Crippen molar-refractivity contribution >= 4 is 33.8 Å². The molecular formula is C12H16ClNS. The lowest BCUT2D eigenvalue weighted by Gasteiger charge is -2.09. The molecule has 1 N–H and O–H groups in total. The van der Waals surface area contributed by atoms with E-state index in [0.717, 1.165) is 6.42 Å². The van der Waals surface area contributed by atoms with Gasteiger partial charge in [0.2, 0.25) is 0 Å². The van der Waals surface area contributed by atoms with Gasteiger partial charge in [-0.1, -0.05) is 12.1 Å². The van der Waals surface area contributed by atoms with Crippen molar-refractivity contribution in [3.8, 4) is 0 Å². The van der Waals surface area contributed by atoms with Crippen LogP contribution in [0, 0.1) is 0 Å². The number of halogens is 1. The summed E-state index contributed by atoms with van der Waals surface area (Å²) in [6, 6.07) is 9.48. The molecule has 0 unspecified atom stereocenters. The maximum absolute atomic E-state index is 3.26. The molecule has 0 spiro atoms. The Morgan fingerprint density at radius 2 is 2.13 bits per heavy atom. The van der Waals surface area contributed by atoms with Gasteiger partial charge in [0, 0.05) is 10.7 Å². The normalized spacial score (nSPS) is 12.4. The van der Waals surface area contributed by atoms with Crippen molar-refractivity contribution in [3.63, 3.8) is 0 Å². The maximum atomic E-state index is 3.26. The van der Waals surface area contributed by atoms with Crippen LogP contribution in [-0.2, 0) is 6.42 Å². The number of benzene rings is 1. The first-order valence-corrected chi connectivity index (χ1v) is 5.81. The molecule has 2 rings (SSSR count). The van der Waals surface area contributed by atoms with Crippen molar-refractivity contribution in [1.29, 1.82) is 0 Å². The van der Waals surface area contributed by atoms with E-state index in [1.54, 1.807) is 11.3 Å². The first-order valence-electron chi connectivity index (χ1n) is 4.93. The molecule has 15 heavy (non-hydrogen) atoms. The number of hydrogen-bond donors (Lipinski definition) is 1. The summed E-state index contributed by atoms with van der Waals surface area (Å²) in [4.78, 5) is 0. The number of thiophene rings is 1. The van der Waals surface area contributed by atoms with E-state index in [0.29, 0.717) is 6.04 Å². The Balaban J connectivity index is 0.00000112. The molecule has 1 aromatic heterocycles. The van der Waals surface area contributed by atoms with E-state index in [9.17, 15) is 0 Å². The molecule has 3 heteroatoms. The number of hydrogen-bond acceptors (Lipinski definition) is 2. The van der Waals surface area contributed by atoms with Crippen LogP contribution >= 0.6 is 23.7 Å². The summed E-state index contributed by atoms with van der Waals surface area (Å²) in [7, 11) is 2.01. The monoisotopic (exact) mass is 241 g/mol. The van der Waals surface area contributed by atoms with Gasteiger partial charge in [0.1, 0.15) is 0 Å². The Morgan fingerprint density at radius 3 is 2.87 bits per heavy atom. The Hall–Kier alpha value is -0.570. The molecule has 1 heterocycles. The quantitative estimate of drug-likeness (QED) is 0.868. The zero-order valence-corrected chi connectivity index (χ0v) is 10.6. The van der Waals surface area contributed by atoms with Crippen LogP contribution in [0.2, 0.25) is 0 Å². The van der Waals surface area contributed by atoms with Gasteiger partial charge in [-0.3, -0.25) is 0 Å². The molecular weight excluding hydrogens is 226 g/mol. The van der Waals surface area contributed by atoms with Crippen LogP contribution in [0.3, 0.4) is 0 Å². The second-order valence-corrected chi connectivity index (χ2v) is 4.63. The molecule has 0 aliphatic rings. The molecule has 0 fully saturated rings. The molecule has 0 amide bonds. The highest BCUT2D eigenvalue weighted by atomic mass is 35.5. The minimum Gasteiger partial charge on any atom is -0.317 e. The number of fused-ring (bicyclic) bond motifs is 1. The van der Waals surface area contributed by atoms with Crippen LogP contribution in [0.25, 0.3) is 10.1 Å². The molecule has 82 valence electrons. The Kier molecular flexibility index (Phi) is 4.58. The van der Waals surface area contributed by atoms with Gasteiger partial charge in [-0.05, 0) is 48.9 Å². The average molecular weight is 242 g/mol. The summed E-state index contributed by atoms with van der Waals surface area (Å²) in [5, 5.41) is 6.78. The van der Waals surface area contributed by atoms with Crippen LogP contribution in [-0.4, -0.2) is 13.1 Å². The zero-order chi connectivity index (χ0) is 9.97. The molecule has 0 bridgehead atoms. The third-order valence-corrected chi connectivity index (χ3v) is 3.45. The summed E-state index contributed by atoms with van der Waals surface area (Å²) in [5.41, 5.74) is 1.41. The minimum absolute atomic E-state index is 0. The minimum atomic E-state index is 0. The van der Waals surface area contributed by atoms with Gasteiger partial charge < -0.3 is 5.32 Å². The van der Waals surface area contributed by atoms with Crippen molar-refractivity contribution in [2.75, 3.05) is 7.05 Å². The van der Waals surface area contributed by atoms with Gasteiger partial charge in [-0.15, -0.1) is 23.7 Å². The summed E-state index contributed by atoms with van der Waals surface area (Å²) in [6.45, 7) is 2.21. The molecule has 1 nitrogen and oxygen atoms in total. The lowest BCUT2D eigenvalue weighted by Crippen LogP contribution is -2.23. The van der Waals surface area contributed by atoms with Crippen molar-refractivity contribution in [3.05, 3.63) is 35.2 Å². The van der Waals surface area contributed by atoms with E-state index < -0.39 is 0 Å². The smallest absolute Gasteiger partial charge is 0.0342 e. The molecule has 0 saturated carbocycles. The van der Waals surface area contributed by atoms with Crippen LogP contribution in [0.1, 0.15) is 12.5 Å². The highest BCUT2D eigenvalue weighted by molar-refractivity contribution is 7.17. The number of nitrogens with one attached hydrogen (secondary N) is 1. The first-order chi connectivity index (χ1) is 6.79. The summed E-state index contributed by atoms with van der Waals surface area (Å²) in [5.74, 6) is 0. The fourth-order valence-electron chi connectivity index (χ4n) is 1.60. The van der Waals surface area contributed by atoms with Gasteiger partial charge in [0.25, 0.3) is 0 Å². The third-order valence-electron chi connectivity index (χ3n) is 2.55. The molecule has 0 aliphatic carbocycles. The lowest BCUT2D eigenvalue weighted by molar-refractivity contribution is 0.609. The molecule has 2 aromatic rings. The van der Waals surface area contributed by atoms with Crippen molar-refractivity contribution < 1.29 is 0 Å². The summed E-state index contributed by atoms with van der Waals surface area (Å²) in [6.07, 6.45) is 1.10. The summed E-state index contributed by atoms with van der Waals surface area (Å²) < 4.78 is 1.38. The molecule has 1 atom stereocenters. The fourth-order valence-corrected chi connectivity index (χ4v) is 2.37. The predicted molar refractivity (Wildman–Crippen MR) is 71.3 cm³/mol. The second-order valence-electron chi connectivity index (χ2n) is 3.69. The molecule has 0 radical (unpaired) electrons. The van der Waals surface area contributed by atoms with E-state index in [1.807, 2.05) is 7.05 Å². The SMILES string of the molecule is CN[C@@H](C)Cc1ccc2sccc2c1.Cl. The van der Waals surface area contributed by atoms with Crippen molar-refractivity contribution in [2.24, 2.45) is 0 Å². The van der Waals surface area contributed by atoms with E-state index in [4.69, 9.17) is 0 Å². The van der Waals surface area contributed by atoms with E-state index in [-0.39, 0.29) is 12.4 Å². The van der Waals surface area contributed by atoms with Crippen molar-refractivity contribution in [1.82, 2.24) is 5.32 Å². The first kappa shape index (κ1) is 12.5. The average Bonchev–Trinajstić information content (AvgIpc) is 2.64. The van der Waals surface area contributed by atoms with Crippen LogP contribution in [0.15, 0.2) is 29.6 Å². The van der Waals surface area contributed by atoms with Crippen LogP contribution in [0.5, 0.6) is 0 Å². The van der Waals surface area contributed by atoms with Gasteiger partial charge in [-0.25, -0.2) is 0 Å². The van der Waals surface area contributed by atoms with E-state index >= 15 is 0 Å². The highest BCUT2D eigenvalue weighted by Gasteiger charge is 2.01. The van der Waals surface area contributed by atoms with E-state index in [2.05, 4.69) is 41.9 Å². The fraction of sp³-hybridized carbons (Fsp3) is 0.333. The highest BCUT2D eigenvalue weighted by Crippen LogP contribution is 2.22.